The molecule has 248 valence electrons. The Morgan fingerprint density at radius 2 is 1.77 bits per heavy atom. The van der Waals surface area contributed by atoms with Crippen molar-refractivity contribution < 1.29 is 27.1 Å². The maximum Gasteiger partial charge on any atom is 0.271 e. The van der Waals surface area contributed by atoms with Gasteiger partial charge < -0.3 is 13.9 Å². The molecule has 1 saturated heterocycles. The fourth-order valence-corrected chi connectivity index (χ4v) is 8.35. The molecule has 2 aliphatic heterocycles. The number of sulfonamides is 1. The van der Waals surface area contributed by atoms with Crippen molar-refractivity contribution in [2.24, 2.45) is 0 Å². The molecule has 0 saturated carbocycles. The van der Waals surface area contributed by atoms with E-state index in [-0.39, 0.29) is 26.7 Å². The average Bonchev–Trinajstić information content (AvgIpc) is 3.81. The number of fused-ring (bicyclic) bond motifs is 1. The lowest BCUT2D eigenvalue weighted by Gasteiger charge is -2.41. The van der Waals surface area contributed by atoms with Crippen LogP contribution in [0, 0.1) is 0 Å². The van der Waals surface area contributed by atoms with Gasteiger partial charge in [-0.1, -0.05) is 29.3 Å². The monoisotopic (exact) mass is 698 g/mol. The molecule has 4 aromatic rings. The first-order chi connectivity index (χ1) is 22.4. The third-order valence-corrected chi connectivity index (χ3v) is 11.6. The Morgan fingerprint density at radius 3 is 2.40 bits per heavy atom. The second kappa shape index (κ2) is 12.8. The number of oxazole rings is 1. The summed E-state index contributed by atoms with van der Waals surface area (Å²) in [7, 11) is 0.556. The number of likely N-dealkylation sites (tertiary alicyclic amines) is 1. The lowest BCUT2D eigenvalue weighted by molar-refractivity contribution is -0.127. The molecule has 6 rings (SSSR count). The summed E-state index contributed by atoms with van der Waals surface area (Å²) in [5.41, 5.74) is 0.126. The maximum absolute atomic E-state index is 15.5. The molecule has 3 aromatic carbocycles. The predicted molar refractivity (Wildman–Crippen MR) is 180 cm³/mol. The van der Waals surface area contributed by atoms with Crippen LogP contribution in [0.5, 0.6) is 11.5 Å². The van der Waals surface area contributed by atoms with Crippen LogP contribution in [-0.4, -0.2) is 63.0 Å². The molecule has 2 aliphatic rings. The third-order valence-electron chi connectivity index (χ3n) is 9.13. The lowest BCUT2D eigenvalue weighted by atomic mass is 9.80. The van der Waals surface area contributed by atoms with Crippen molar-refractivity contribution in [3.05, 3.63) is 99.7 Å². The molecular formula is C34H36Cl2N4O6S. The van der Waals surface area contributed by atoms with Crippen LogP contribution in [0.4, 0.5) is 5.69 Å². The number of carbonyl (C=O) groups is 1. The van der Waals surface area contributed by atoms with Crippen LogP contribution < -0.4 is 13.8 Å². The molecule has 1 aromatic heterocycles. The van der Waals surface area contributed by atoms with Gasteiger partial charge in [0.25, 0.3) is 15.9 Å². The largest absolute Gasteiger partial charge is 0.497 e. The van der Waals surface area contributed by atoms with Crippen molar-refractivity contribution >= 4 is 44.8 Å². The molecule has 0 bridgehead atoms. The summed E-state index contributed by atoms with van der Waals surface area (Å²) in [5, 5.41) is 0.279. The number of anilines is 1. The average molecular weight is 700 g/mol. The number of ether oxygens (including phenoxy) is 2. The lowest BCUT2D eigenvalue weighted by Crippen LogP contribution is -2.54. The van der Waals surface area contributed by atoms with Crippen LogP contribution in [0.15, 0.2) is 76.4 Å². The molecule has 0 radical (unpaired) electrons. The fourth-order valence-electron chi connectivity index (χ4n) is 6.58. The topological polar surface area (TPSA) is 105 Å². The summed E-state index contributed by atoms with van der Waals surface area (Å²) >= 11 is 13.3. The van der Waals surface area contributed by atoms with E-state index < -0.39 is 27.5 Å². The summed E-state index contributed by atoms with van der Waals surface area (Å²) in [4.78, 5) is 24.1. The van der Waals surface area contributed by atoms with E-state index in [0.717, 1.165) is 9.87 Å². The first kappa shape index (κ1) is 33.3. The Balaban J connectivity index is 1.68. The Bertz CT molecular complexity index is 1900. The number of aromatic nitrogens is 1. The number of carbonyl (C=O) groups excluding carboxylic acids is 1. The zero-order chi connectivity index (χ0) is 33.7. The Kier molecular flexibility index (Phi) is 9.05. The van der Waals surface area contributed by atoms with Gasteiger partial charge in [-0.25, -0.2) is 17.7 Å². The van der Waals surface area contributed by atoms with Gasteiger partial charge in [-0.2, -0.15) is 0 Å². The highest BCUT2D eigenvalue weighted by molar-refractivity contribution is 7.93. The molecule has 2 atom stereocenters. The van der Waals surface area contributed by atoms with Gasteiger partial charge in [0, 0.05) is 30.3 Å². The highest BCUT2D eigenvalue weighted by Gasteiger charge is 2.63. The molecule has 1 fully saturated rings. The minimum absolute atomic E-state index is 0.0931. The molecule has 1 amide bonds. The predicted octanol–water partition coefficient (Wildman–Crippen LogP) is 6.66. The van der Waals surface area contributed by atoms with Crippen molar-refractivity contribution in [2.45, 2.75) is 55.8 Å². The van der Waals surface area contributed by atoms with E-state index in [1.165, 1.54) is 50.8 Å². The number of hydrogen-bond donors (Lipinski definition) is 0. The number of halogens is 2. The number of amides is 1. The highest BCUT2D eigenvalue weighted by atomic mass is 35.5. The van der Waals surface area contributed by atoms with Gasteiger partial charge in [-0.3, -0.25) is 14.6 Å². The van der Waals surface area contributed by atoms with Crippen LogP contribution in [0.25, 0.3) is 0 Å². The molecule has 13 heteroatoms. The van der Waals surface area contributed by atoms with Crippen molar-refractivity contribution in [2.75, 3.05) is 32.1 Å². The van der Waals surface area contributed by atoms with E-state index in [1.807, 2.05) is 30.1 Å². The van der Waals surface area contributed by atoms with E-state index in [9.17, 15) is 8.42 Å². The van der Waals surface area contributed by atoms with Gasteiger partial charge in [0.1, 0.15) is 17.8 Å². The van der Waals surface area contributed by atoms with Crippen LogP contribution in [-0.2, 0) is 26.9 Å². The Morgan fingerprint density at radius 1 is 1.04 bits per heavy atom. The van der Waals surface area contributed by atoms with Gasteiger partial charge in [-0.15, -0.1) is 0 Å². The first-order valence-electron chi connectivity index (χ1n) is 15.2. The summed E-state index contributed by atoms with van der Waals surface area (Å²) in [6, 6.07) is 14.4. The normalized spacial score (nSPS) is 20.0. The van der Waals surface area contributed by atoms with Gasteiger partial charge in [0.15, 0.2) is 5.54 Å². The minimum atomic E-state index is -4.48. The number of benzene rings is 3. The highest BCUT2D eigenvalue weighted by Crippen LogP contribution is 2.57. The third kappa shape index (κ3) is 5.47. The second-order valence-electron chi connectivity index (χ2n) is 12.0. The quantitative estimate of drug-likeness (QED) is 0.180. The van der Waals surface area contributed by atoms with Gasteiger partial charge in [-0.05, 0) is 87.8 Å². The van der Waals surface area contributed by atoms with E-state index in [4.69, 9.17) is 37.1 Å². The smallest absolute Gasteiger partial charge is 0.271 e. The number of rotatable bonds is 10. The van der Waals surface area contributed by atoms with Crippen LogP contribution in [0.2, 0.25) is 10.0 Å². The fraction of sp³-hybridized carbons (Fsp3) is 0.353. The van der Waals surface area contributed by atoms with Gasteiger partial charge in [0.2, 0.25) is 5.89 Å². The zero-order valence-corrected chi connectivity index (χ0v) is 29.1. The summed E-state index contributed by atoms with van der Waals surface area (Å²) < 4.78 is 47.0. The maximum atomic E-state index is 15.5. The summed E-state index contributed by atoms with van der Waals surface area (Å²) in [5.74, 6) is 0.586. The summed E-state index contributed by atoms with van der Waals surface area (Å²) in [6.07, 6.45) is 4.36. The Hall–Kier alpha value is -3.61. The van der Waals surface area contributed by atoms with E-state index in [2.05, 4.69) is 23.7 Å². The standard InChI is InChI=1S/C34H36Cl2N4O6S/c1-21(2)38(3)20-22-8-13-31(45-5)26(17-22)34(39-15-6-7-29(39)32-37-14-16-46-32)25-18-27(35)28(36)19-30(25)40(33(34)41)47(42,43)24-11-9-23(44-4)10-12-24/h8-14,16-19,21,29H,6-7,15,20H2,1-5H3. The molecule has 3 heterocycles. The molecular weight excluding hydrogens is 663 g/mol. The number of hydrogen-bond acceptors (Lipinski definition) is 9. The van der Waals surface area contributed by atoms with Gasteiger partial charge >= 0.3 is 0 Å². The molecule has 0 aliphatic carbocycles. The van der Waals surface area contributed by atoms with Crippen molar-refractivity contribution in [3.8, 4) is 11.5 Å². The van der Waals surface area contributed by atoms with Gasteiger partial charge in [0.05, 0.1) is 47.1 Å². The Labute approximate surface area is 284 Å². The van der Waals surface area contributed by atoms with Crippen molar-refractivity contribution in [1.29, 1.82) is 0 Å². The van der Waals surface area contributed by atoms with Crippen molar-refractivity contribution in [3.63, 3.8) is 0 Å². The second-order valence-corrected chi connectivity index (χ2v) is 14.6. The number of nitrogens with zero attached hydrogens (tertiary/aromatic N) is 4. The summed E-state index contributed by atoms with van der Waals surface area (Å²) in [6.45, 7) is 5.20. The van der Waals surface area contributed by atoms with Crippen LogP contribution in [0.3, 0.4) is 0 Å². The number of methoxy groups -OCH3 is 2. The first-order valence-corrected chi connectivity index (χ1v) is 17.4. The molecule has 0 spiro atoms. The SMILES string of the molecule is COc1ccc(S(=O)(=O)N2C(=O)C(c3cc(CN(C)C(C)C)ccc3OC)(N3CCCC3c3ncco3)c3cc(Cl)c(Cl)cc32)cc1. The van der Waals surface area contributed by atoms with Crippen LogP contribution in [0.1, 0.15) is 55.3 Å². The molecule has 10 nitrogen and oxygen atoms in total. The zero-order valence-electron chi connectivity index (χ0n) is 26.7. The van der Waals surface area contributed by atoms with Crippen LogP contribution >= 0.6 is 23.2 Å². The van der Waals surface area contributed by atoms with E-state index in [1.54, 1.807) is 12.3 Å². The van der Waals surface area contributed by atoms with Crippen molar-refractivity contribution in [1.82, 2.24) is 14.8 Å². The molecule has 2 unspecified atom stereocenters. The molecule has 0 N–H and O–H groups in total. The minimum Gasteiger partial charge on any atom is -0.497 e. The molecule has 47 heavy (non-hydrogen) atoms. The van der Waals surface area contributed by atoms with E-state index in [0.29, 0.717) is 54.4 Å². The van der Waals surface area contributed by atoms with E-state index >= 15 is 4.79 Å².